The molecular weight excluding hydrogens is 555 g/mol. The molecule has 0 N–H and O–H groups in total. The van der Waals surface area contributed by atoms with Crippen LogP contribution in [-0.4, -0.2) is 14.5 Å². The van der Waals surface area contributed by atoms with Crippen LogP contribution in [0.2, 0.25) is 0 Å². The normalized spacial score (nSPS) is 11.6. The van der Waals surface area contributed by atoms with Crippen LogP contribution in [0.4, 0.5) is 0 Å². The van der Waals surface area contributed by atoms with Gasteiger partial charge in [-0.2, -0.15) is 0 Å². The van der Waals surface area contributed by atoms with Crippen molar-refractivity contribution < 1.29 is 0 Å². The van der Waals surface area contributed by atoms with E-state index in [0.29, 0.717) is 0 Å². The van der Waals surface area contributed by atoms with E-state index in [2.05, 4.69) is 150 Å². The Labute approximate surface area is 258 Å². The van der Waals surface area contributed by atoms with Gasteiger partial charge >= 0.3 is 0 Å². The van der Waals surface area contributed by atoms with Crippen LogP contribution in [0.1, 0.15) is 0 Å². The summed E-state index contributed by atoms with van der Waals surface area (Å²) < 4.78 is 4.92. The molecule has 9 aromatic rings. The van der Waals surface area contributed by atoms with Crippen molar-refractivity contribution in [3.63, 3.8) is 0 Å². The van der Waals surface area contributed by atoms with Crippen LogP contribution in [0.15, 0.2) is 152 Å². The number of fused-ring (bicyclic) bond motifs is 6. The monoisotopic (exact) mass is 579 g/mol. The van der Waals surface area contributed by atoms with Crippen LogP contribution < -0.4 is 0 Å². The molecule has 0 aliphatic rings. The number of hydrogen-bond donors (Lipinski definition) is 0. The Balaban J connectivity index is 1.28. The van der Waals surface area contributed by atoms with Crippen LogP contribution in [0, 0.1) is 0 Å². The fourth-order valence-corrected chi connectivity index (χ4v) is 7.42. The summed E-state index contributed by atoms with van der Waals surface area (Å²) in [5.74, 6) is 0.724. The first-order valence-corrected chi connectivity index (χ1v) is 15.6. The highest BCUT2D eigenvalue weighted by Crippen LogP contribution is 2.38. The van der Waals surface area contributed by atoms with Crippen LogP contribution in [0.25, 0.3) is 81.6 Å². The van der Waals surface area contributed by atoms with Gasteiger partial charge in [0.1, 0.15) is 0 Å². The first-order valence-electron chi connectivity index (χ1n) is 14.8. The van der Waals surface area contributed by atoms with E-state index < -0.39 is 0 Å². The van der Waals surface area contributed by atoms with Crippen LogP contribution in [-0.2, 0) is 0 Å². The molecule has 4 heteroatoms. The highest BCUT2D eigenvalue weighted by molar-refractivity contribution is 7.25. The number of para-hydroxylation sites is 2. The third-order valence-electron chi connectivity index (χ3n) is 8.41. The third-order valence-corrected chi connectivity index (χ3v) is 9.57. The lowest BCUT2D eigenvalue weighted by Gasteiger charge is -2.11. The van der Waals surface area contributed by atoms with E-state index in [0.717, 1.165) is 45.1 Å². The molecule has 0 radical (unpaired) electrons. The van der Waals surface area contributed by atoms with Gasteiger partial charge in [0.2, 0.25) is 0 Å². The second-order valence-electron chi connectivity index (χ2n) is 11.1. The molecule has 0 amide bonds. The summed E-state index contributed by atoms with van der Waals surface area (Å²) in [5, 5.41) is 4.98. The van der Waals surface area contributed by atoms with E-state index in [9.17, 15) is 0 Å². The molecule has 3 nitrogen and oxygen atoms in total. The summed E-state index contributed by atoms with van der Waals surface area (Å²) in [6.45, 7) is 0. The topological polar surface area (TPSA) is 30.7 Å². The molecule has 0 fully saturated rings. The zero-order valence-electron chi connectivity index (χ0n) is 23.7. The summed E-state index contributed by atoms with van der Waals surface area (Å²) in [7, 11) is 0. The summed E-state index contributed by atoms with van der Waals surface area (Å²) >= 11 is 1.82. The van der Waals surface area contributed by atoms with E-state index in [4.69, 9.17) is 9.97 Å². The number of rotatable bonds is 4. The Morgan fingerprint density at radius 2 is 1.05 bits per heavy atom. The van der Waals surface area contributed by atoms with Gasteiger partial charge in [0.15, 0.2) is 5.82 Å². The van der Waals surface area contributed by atoms with Crippen molar-refractivity contribution in [3.05, 3.63) is 152 Å². The minimum atomic E-state index is 0.724. The van der Waals surface area contributed by atoms with Crippen molar-refractivity contribution in [1.82, 2.24) is 14.5 Å². The standard InChI is InChI=1S/C40H25N3S/c1-3-11-26(12-4-1)34-25-35(42-40(41-34)28-20-22-39-33(23-28)32-16-8-10-18-38(32)44-39)27-19-21-31-30-15-7-9-17-36(30)43(37(31)24-27)29-13-5-2-6-14-29/h1-25H. The zero-order chi connectivity index (χ0) is 29.0. The van der Waals surface area contributed by atoms with Crippen molar-refractivity contribution >= 4 is 53.3 Å². The highest BCUT2D eigenvalue weighted by atomic mass is 32.1. The van der Waals surface area contributed by atoms with Gasteiger partial charge in [-0.3, -0.25) is 0 Å². The Morgan fingerprint density at radius 1 is 0.409 bits per heavy atom. The smallest absolute Gasteiger partial charge is 0.160 e. The highest BCUT2D eigenvalue weighted by Gasteiger charge is 2.16. The van der Waals surface area contributed by atoms with Gasteiger partial charge in [-0.1, -0.05) is 97.1 Å². The van der Waals surface area contributed by atoms with Gasteiger partial charge in [-0.05, 0) is 54.6 Å². The predicted molar refractivity (Wildman–Crippen MR) is 186 cm³/mol. The largest absolute Gasteiger partial charge is 0.309 e. The number of thiophene rings is 1. The lowest BCUT2D eigenvalue weighted by molar-refractivity contribution is 1.17. The van der Waals surface area contributed by atoms with E-state index in [1.54, 1.807) is 0 Å². The van der Waals surface area contributed by atoms with Gasteiger partial charge < -0.3 is 4.57 Å². The van der Waals surface area contributed by atoms with Crippen LogP contribution in [0.3, 0.4) is 0 Å². The first kappa shape index (κ1) is 25.0. The zero-order valence-corrected chi connectivity index (χ0v) is 24.5. The van der Waals surface area contributed by atoms with E-state index >= 15 is 0 Å². The minimum absolute atomic E-state index is 0.724. The number of hydrogen-bond acceptors (Lipinski definition) is 3. The summed E-state index contributed by atoms with van der Waals surface area (Å²) in [4.78, 5) is 10.3. The van der Waals surface area contributed by atoms with Gasteiger partial charge in [0.05, 0.1) is 22.4 Å². The maximum absolute atomic E-state index is 5.22. The molecule has 44 heavy (non-hydrogen) atoms. The maximum Gasteiger partial charge on any atom is 0.160 e. The Bertz CT molecular complexity index is 2490. The summed E-state index contributed by atoms with van der Waals surface area (Å²) in [6.07, 6.45) is 0. The van der Waals surface area contributed by atoms with Gasteiger partial charge in [-0.15, -0.1) is 11.3 Å². The van der Waals surface area contributed by atoms with Crippen molar-refractivity contribution in [3.8, 4) is 39.6 Å². The van der Waals surface area contributed by atoms with Gasteiger partial charge in [0, 0.05) is 53.3 Å². The second-order valence-corrected chi connectivity index (χ2v) is 12.1. The van der Waals surface area contributed by atoms with Gasteiger partial charge in [0.25, 0.3) is 0 Å². The molecule has 0 unspecified atom stereocenters. The number of nitrogens with zero attached hydrogens (tertiary/aromatic N) is 3. The molecule has 6 aromatic carbocycles. The molecule has 0 aliphatic carbocycles. The first-order chi connectivity index (χ1) is 21.8. The molecular formula is C40H25N3S. The van der Waals surface area contributed by atoms with Crippen molar-refractivity contribution in [1.29, 1.82) is 0 Å². The molecule has 0 spiro atoms. The molecule has 0 saturated heterocycles. The van der Waals surface area contributed by atoms with E-state index in [1.165, 1.54) is 36.5 Å². The Kier molecular flexibility index (Phi) is 5.68. The van der Waals surface area contributed by atoms with Crippen molar-refractivity contribution in [2.45, 2.75) is 0 Å². The molecule has 3 heterocycles. The molecule has 0 bridgehead atoms. The Hall–Kier alpha value is -5.58. The lowest BCUT2D eigenvalue weighted by atomic mass is 10.0. The van der Waals surface area contributed by atoms with E-state index in [1.807, 2.05) is 17.4 Å². The minimum Gasteiger partial charge on any atom is -0.309 e. The fourth-order valence-electron chi connectivity index (χ4n) is 6.33. The number of benzene rings is 6. The molecule has 9 rings (SSSR count). The number of aromatic nitrogens is 3. The second kappa shape index (κ2) is 10.0. The predicted octanol–water partition coefficient (Wildman–Crippen LogP) is 10.9. The summed E-state index contributed by atoms with van der Waals surface area (Å²) in [6, 6.07) is 53.6. The molecule has 0 saturated carbocycles. The van der Waals surface area contributed by atoms with Crippen molar-refractivity contribution in [2.75, 3.05) is 0 Å². The third kappa shape index (κ3) is 4.03. The molecule has 206 valence electrons. The van der Waals surface area contributed by atoms with E-state index in [-0.39, 0.29) is 0 Å². The fraction of sp³-hybridized carbons (Fsp3) is 0. The van der Waals surface area contributed by atoms with Crippen LogP contribution >= 0.6 is 11.3 Å². The average Bonchev–Trinajstić information content (AvgIpc) is 3.64. The van der Waals surface area contributed by atoms with Crippen LogP contribution in [0.5, 0.6) is 0 Å². The molecule has 0 atom stereocenters. The SMILES string of the molecule is c1ccc(-c2cc(-c3ccc4c5ccccc5n(-c5ccccc5)c4c3)nc(-c3ccc4sc5ccccc5c4c3)n2)cc1. The summed E-state index contributed by atoms with van der Waals surface area (Å²) in [5.41, 5.74) is 8.43. The Morgan fingerprint density at radius 3 is 1.89 bits per heavy atom. The quantitative estimate of drug-likeness (QED) is 0.208. The van der Waals surface area contributed by atoms with Crippen molar-refractivity contribution in [2.24, 2.45) is 0 Å². The molecule has 3 aromatic heterocycles. The maximum atomic E-state index is 5.22. The lowest BCUT2D eigenvalue weighted by Crippen LogP contribution is -1.97. The molecule has 0 aliphatic heterocycles. The van der Waals surface area contributed by atoms with Gasteiger partial charge in [-0.25, -0.2) is 9.97 Å². The average molecular weight is 580 g/mol.